The molecule has 2 amide bonds. The molecular formula is C43H48F3N3O6. The number of hydrogen-bond donors (Lipinski definition) is 3. The fourth-order valence-corrected chi connectivity index (χ4v) is 7.39. The van der Waals surface area contributed by atoms with Crippen molar-refractivity contribution in [2.75, 3.05) is 20.1 Å². The number of halogens is 3. The van der Waals surface area contributed by atoms with Crippen LogP contribution in [0.1, 0.15) is 73.0 Å². The summed E-state index contributed by atoms with van der Waals surface area (Å²) >= 11 is 0. The van der Waals surface area contributed by atoms with Gasteiger partial charge in [-0.15, -0.1) is 0 Å². The van der Waals surface area contributed by atoms with Gasteiger partial charge in [0.15, 0.2) is 6.29 Å². The molecule has 0 aliphatic carbocycles. The average molecular weight is 760 g/mol. The molecule has 292 valence electrons. The summed E-state index contributed by atoms with van der Waals surface area (Å²) < 4.78 is 52.5. The van der Waals surface area contributed by atoms with E-state index < -0.39 is 36.4 Å². The van der Waals surface area contributed by atoms with E-state index in [-0.39, 0.29) is 50.3 Å². The van der Waals surface area contributed by atoms with Gasteiger partial charge in [0.2, 0.25) is 5.91 Å². The van der Waals surface area contributed by atoms with Crippen LogP contribution in [0.2, 0.25) is 0 Å². The molecule has 0 bridgehead atoms. The minimum Gasteiger partial charge on any atom is -0.392 e. The quantitative estimate of drug-likeness (QED) is 0.145. The first-order valence-corrected chi connectivity index (χ1v) is 18.6. The second-order valence-electron chi connectivity index (χ2n) is 14.6. The van der Waals surface area contributed by atoms with Gasteiger partial charge >= 0.3 is 12.1 Å². The number of ether oxygens (including phenoxy) is 2. The van der Waals surface area contributed by atoms with Gasteiger partial charge in [0.1, 0.15) is 6.04 Å². The Morgan fingerprint density at radius 2 is 1.60 bits per heavy atom. The van der Waals surface area contributed by atoms with E-state index in [4.69, 9.17) is 9.47 Å². The number of nitrogens with one attached hydrogen (secondary N) is 1. The van der Waals surface area contributed by atoms with Gasteiger partial charge < -0.3 is 29.9 Å². The maximum Gasteiger partial charge on any atom is 0.471 e. The van der Waals surface area contributed by atoms with Crippen LogP contribution in [-0.2, 0) is 32.2 Å². The van der Waals surface area contributed by atoms with Crippen LogP contribution in [0.15, 0.2) is 103 Å². The van der Waals surface area contributed by atoms with Crippen molar-refractivity contribution in [2.45, 2.75) is 82.7 Å². The number of likely N-dealkylation sites (N-methyl/N-ethyl adjacent to an activating group) is 1. The first kappa shape index (κ1) is 40.1. The van der Waals surface area contributed by atoms with Crippen LogP contribution in [0, 0.1) is 5.92 Å². The average Bonchev–Trinajstić information content (AvgIpc) is 3.70. The zero-order chi connectivity index (χ0) is 39.3. The van der Waals surface area contributed by atoms with Gasteiger partial charge in [0.05, 0.1) is 24.9 Å². The minimum absolute atomic E-state index is 0.0517. The van der Waals surface area contributed by atoms with E-state index in [2.05, 4.69) is 17.1 Å². The van der Waals surface area contributed by atoms with E-state index in [1.807, 2.05) is 117 Å². The number of hydrogen-bond acceptors (Lipinski definition) is 7. The summed E-state index contributed by atoms with van der Waals surface area (Å²) in [6, 6.07) is 31.3. The van der Waals surface area contributed by atoms with Gasteiger partial charge in [-0.25, -0.2) is 0 Å². The third-order valence-corrected chi connectivity index (χ3v) is 10.9. The molecule has 2 saturated heterocycles. The highest BCUT2D eigenvalue weighted by molar-refractivity contribution is 5.90. The van der Waals surface area contributed by atoms with Crippen LogP contribution in [0.25, 0.3) is 11.1 Å². The smallest absolute Gasteiger partial charge is 0.392 e. The van der Waals surface area contributed by atoms with Crippen molar-refractivity contribution in [3.8, 4) is 11.1 Å². The van der Waals surface area contributed by atoms with E-state index in [0.717, 1.165) is 38.9 Å². The number of aliphatic hydroxyl groups is 2. The summed E-state index contributed by atoms with van der Waals surface area (Å²) in [7, 11) is 1.98. The largest absolute Gasteiger partial charge is 0.471 e. The van der Waals surface area contributed by atoms with Crippen molar-refractivity contribution in [3.05, 3.63) is 131 Å². The SMILES string of the molecule is C[C@@H]1[C@H](CN(C)[C@@H](C)[C@H](O)c2ccccc2)O[C@H](c2ccc(-c3cccc(CNC(=O)[C@@H]4CCCN4C(=O)C(F)(F)F)c3)cc2)O[C@@H]1c1ccc(CO)cc1. The molecule has 4 aromatic rings. The molecule has 2 aliphatic heterocycles. The first-order chi connectivity index (χ1) is 26.3. The topological polar surface area (TPSA) is 112 Å². The van der Waals surface area contributed by atoms with Gasteiger partial charge in [-0.3, -0.25) is 14.5 Å². The van der Waals surface area contributed by atoms with Crippen molar-refractivity contribution in [3.63, 3.8) is 0 Å². The second-order valence-corrected chi connectivity index (χ2v) is 14.6. The predicted octanol–water partition coefficient (Wildman–Crippen LogP) is 6.86. The van der Waals surface area contributed by atoms with Crippen LogP contribution in [0.3, 0.4) is 0 Å². The number of likely N-dealkylation sites (tertiary alicyclic amines) is 1. The summed E-state index contributed by atoms with van der Waals surface area (Å²) in [6.45, 7) is 4.56. The molecule has 6 rings (SSSR count). The van der Waals surface area contributed by atoms with Gasteiger partial charge in [-0.2, -0.15) is 13.2 Å². The summed E-state index contributed by atoms with van der Waals surface area (Å²) in [4.78, 5) is 27.4. The van der Waals surface area contributed by atoms with E-state index in [1.165, 1.54) is 0 Å². The van der Waals surface area contributed by atoms with Gasteiger partial charge in [-0.05, 0) is 66.3 Å². The monoisotopic (exact) mass is 759 g/mol. The number of alkyl halides is 3. The highest BCUT2D eigenvalue weighted by Crippen LogP contribution is 2.42. The summed E-state index contributed by atoms with van der Waals surface area (Å²) in [5.41, 5.74) is 5.96. The van der Waals surface area contributed by atoms with Gasteiger partial charge in [0, 0.05) is 37.2 Å². The van der Waals surface area contributed by atoms with Gasteiger partial charge in [-0.1, -0.05) is 104 Å². The van der Waals surface area contributed by atoms with Crippen molar-refractivity contribution in [2.24, 2.45) is 5.92 Å². The number of aliphatic hydroxyl groups excluding tert-OH is 2. The van der Waals surface area contributed by atoms with E-state index in [1.54, 1.807) is 0 Å². The lowest BCUT2D eigenvalue weighted by atomic mass is 9.89. The van der Waals surface area contributed by atoms with Crippen LogP contribution in [0.5, 0.6) is 0 Å². The molecule has 7 atom stereocenters. The Balaban J connectivity index is 1.16. The van der Waals surface area contributed by atoms with Crippen molar-refractivity contribution in [1.29, 1.82) is 0 Å². The zero-order valence-corrected chi connectivity index (χ0v) is 31.2. The van der Waals surface area contributed by atoms with Crippen LogP contribution < -0.4 is 5.32 Å². The van der Waals surface area contributed by atoms with Crippen LogP contribution >= 0.6 is 0 Å². The van der Waals surface area contributed by atoms with Crippen LogP contribution in [-0.4, -0.2) is 76.3 Å². The number of carbonyl (C=O) groups excluding carboxylic acids is 2. The van der Waals surface area contributed by atoms with E-state index in [0.29, 0.717) is 17.9 Å². The molecule has 3 N–H and O–H groups in total. The van der Waals surface area contributed by atoms with Crippen molar-refractivity contribution >= 4 is 11.8 Å². The lowest BCUT2D eigenvalue weighted by Crippen LogP contribution is -2.50. The first-order valence-electron chi connectivity index (χ1n) is 18.6. The van der Waals surface area contributed by atoms with E-state index >= 15 is 0 Å². The predicted molar refractivity (Wildman–Crippen MR) is 201 cm³/mol. The molecule has 4 aromatic carbocycles. The Morgan fingerprint density at radius 3 is 2.27 bits per heavy atom. The molecule has 0 aromatic heterocycles. The number of carbonyl (C=O) groups is 2. The molecular weight excluding hydrogens is 711 g/mol. The second kappa shape index (κ2) is 17.5. The lowest BCUT2D eigenvalue weighted by Gasteiger charge is -2.43. The molecule has 9 nitrogen and oxygen atoms in total. The molecule has 0 unspecified atom stereocenters. The maximum absolute atomic E-state index is 13.1. The Labute approximate surface area is 319 Å². The number of amides is 2. The Bertz CT molecular complexity index is 1890. The molecule has 2 fully saturated rings. The number of rotatable bonds is 12. The van der Waals surface area contributed by atoms with E-state index in [9.17, 15) is 33.0 Å². The van der Waals surface area contributed by atoms with Crippen LogP contribution in [0.4, 0.5) is 13.2 Å². The maximum atomic E-state index is 13.1. The fourth-order valence-electron chi connectivity index (χ4n) is 7.39. The molecule has 0 radical (unpaired) electrons. The summed E-state index contributed by atoms with van der Waals surface area (Å²) in [5, 5.41) is 23.5. The third-order valence-electron chi connectivity index (χ3n) is 10.9. The Hall–Kier alpha value is -4.59. The Morgan fingerprint density at radius 1 is 0.909 bits per heavy atom. The molecule has 2 aliphatic rings. The van der Waals surface area contributed by atoms with Crippen molar-refractivity contribution in [1.82, 2.24) is 15.1 Å². The lowest BCUT2D eigenvalue weighted by molar-refractivity contribution is -0.276. The Kier molecular flexibility index (Phi) is 12.7. The normalized spacial score (nSPS) is 22.7. The molecule has 0 saturated carbocycles. The summed E-state index contributed by atoms with van der Waals surface area (Å²) in [6.07, 6.45) is -6.47. The molecule has 55 heavy (non-hydrogen) atoms. The number of benzene rings is 4. The zero-order valence-electron chi connectivity index (χ0n) is 31.2. The van der Waals surface area contributed by atoms with Crippen molar-refractivity contribution < 1.29 is 42.4 Å². The fraction of sp³-hybridized carbons (Fsp3) is 0.395. The number of nitrogens with zero attached hydrogens (tertiary/aromatic N) is 2. The highest BCUT2D eigenvalue weighted by atomic mass is 19.4. The molecule has 12 heteroatoms. The minimum atomic E-state index is -5.03. The summed E-state index contributed by atoms with van der Waals surface area (Å²) in [5.74, 6) is -2.65. The standard InChI is InChI=1S/C43H48F3N3O6/c1-27-37(25-48(3)28(2)38(51)32-10-5-4-6-11-32)54-41(55-39(27)33-16-14-29(26-50)15-17-33)34-20-18-31(19-21-34)35-12-7-9-30(23-35)24-47-40(52)36-13-8-22-49(36)42(53)43(44,45)46/h4-7,9-12,14-21,23,27-28,36-39,41,50-51H,8,13,22,24-26H2,1-3H3,(H,47,52)/t27-,28+,36+,37+,38+,39+,41+/m1/s1. The third kappa shape index (κ3) is 9.45. The highest BCUT2D eigenvalue weighted by Gasteiger charge is 2.47. The molecule has 0 spiro atoms. The molecule has 2 heterocycles. The van der Waals surface area contributed by atoms with Gasteiger partial charge in [0.25, 0.3) is 0 Å².